The van der Waals surface area contributed by atoms with E-state index in [4.69, 9.17) is 9.47 Å². The lowest BCUT2D eigenvalue weighted by Crippen LogP contribution is -2.43. The molecule has 7 rings (SSSR count). The lowest BCUT2D eigenvalue weighted by atomic mass is 9.94. The monoisotopic (exact) mass is 621 g/mol. The van der Waals surface area contributed by atoms with Gasteiger partial charge >= 0.3 is 12.0 Å². The van der Waals surface area contributed by atoms with E-state index in [0.717, 1.165) is 19.4 Å². The molecule has 236 valence electrons. The molecule has 0 radical (unpaired) electrons. The van der Waals surface area contributed by atoms with Crippen LogP contribution >= 0.6 is 0 Å². The summed E-state index contributed by atoms with van der Waals surface area (Å²) >= 11 is 0. The summed E-state index contributed by atoms with van der Waals surface area (Å²) in [5.74, 6) is -1.53. The minimum atomic E-state index is -0.939. The number of pyridine rings is 1. The number of benzene rings is 2. The number of hydrogen-bond acceptors (Lipinski definition) is 9. The number of hydrogen-bond donors (Lipinski definition) is 2. The minimum absolute atomic E-state index is 0.0239. The maximum Gasteiger partial charge on any atom is 0.319 e. The first-order valence-corrected chi connectivity index (χ1v) is 15.4. The fraction of sp³-hybridized carbons (Fsp3) is 0.455. The largest absolute Gasteiger partial charge is 0.508 e. The van der Waals surface area contributed by atoms with E-state index in [1.807, 2.05) is 0 Å². The highest BCUT2D eigenvalue weighted by molar-refractivity contribution is 6.01. The van der Waals surface area contributed by atoms with Gasteiger partial charge in [0.2, 0.25) is 0 Å². The van der Waals surface area contributed by atoms with Gasteiger partial charge in [-0.2, -0.15) is 9.97 Å². The van der Waals surface area contributed by atoms with Crippen molar-refractivity contribution < 1.29 is 32.5 Å². The Kier molecular flexibility index (Phi) is 7.42. The number of rotatable bonds is 9. The number of anilines is 1. The van der Waals surface area contributed by atoms with Crippen LogP contribution in [0, 0.1) is 23.5 Å². The standard InChI is InChI=1S/C33H34F3N5O4/c1-3-21-25(35)6-5-17-9-20(42)11-23(26(17)21)28-27(36)29-24(14-37-28)30(38-13-18-10-22(18)31(43)44-2)40-32(39-29)45-16-33-7-4-8-41(33)15-19(34)12-33/h5-6,9,11,14,18-19,22,42H,3-4,7-8,10,12-13,15-16H2,1-2H3,(H,38,39,40)/t18-,19-,22+,33+/m1/s1. The number of methoxy groups -OCH3 is 1. The molecule has 3 fully saturated rings. The van der Waals surface area contributed by atoms with Crippen LogP contribution in [0.2, 0.25) is 0 Å². The summed E-state index contributed by atoms with van der Waals surface area (Å²) in [4.78, 5) is 27.5. The molecule has 2 aromatic heterocycles. The number of fused-ring (bicyclic) bond motifs is 3. The van der Waals surface area contributed by atoms with E-state index in [9.17, 15) is 18.7 Å². The van der Waals surface area contributed by atoms with Crippen molar-refractivity contribution in [3.8, 4) is 23.0 Å². The molecule has 2 aliphatic heterocycles. The molecule has 9 nitrogen and oxygen atoms in total. The number of ether oxygens (including phenoxy) is 2. The van der Waals surface area contributed by atoms with Gasteiger partial charge < -0.3 is 19.9 Å². The van der Waals surface area contributed by atoms with Crippen LogP contribution < -0.4 is 10.1 Å². The third kappa shape index (κ3) is 5.18. The number of aromatic hydroxyl groups is 1. The van der Waals surface area contributed by atoms with Crippen molar-refractivity contribution >= 4 is 33.5 Å². The molecule has 3 aliphatic rings. The summed E-state index contributed by atoms with van der Waals surface area (Å²) < 4.78 is 56.9. The van der Waals surface area contributed by atoms with Crippen molar-refractivity contribution in [3.05, 3.63) is 47.7 Å². The normalized spacial score (nSPS) is 24.2. The number of carbonyl (C=O) groups excluding carboxylic acids is 1. The summed E-state index contributed by atoms with van der Waals surface area (Å²) in [6.07, 6.45) is 3.58. The molecule has 4 atom stereocenters. The molecule has 1 saturated carbocycles. The van der Waals surface area contributed by atoms with Crippen LogP contribution in [0.3, 0.4) is 0 Å². The lowest BCUT2D eigenvalue weighted by Gasteiger charge is -2.30. The van der Waals surface area contributed by atoms with Crippen molar-refractivity contribution in [1.29, 1.82) is 0 Å². The van der Waals surface area contributed by atoms with Gasteiger partial charge in [0, 0.05) is 31.3 Å². The van der Waals surface area contributed by atoms with Gasteiger partial charge in [-0.3, -0.25) is 14.7 Å². The number of aromatic nitrogens is 3. The Balaban J connectivity index is 1.31. The molecule has 45 heavy (non-hydrogen) atoms. The second-order valence-corrected chi connectivity index (χ2v) is 12.4. The van der Waals surface area contributed by atoms with Gasteiger partial charge in [-0.25, -0.2) is 13.2 Å². The van der Waals surface area contributed by atoms with Crippen molar-refractivity contribution in [2.75, 3.05) is 38.7 Å². The van der Waals surface area contributed by atoms with E-state index in [1.165, 1.54) is 31.5 Å². The third-order valence-corrected chi connectivity index (χ3v) is 9.61. The average Bonchev–Trinajstić information content (AvgIpc) is 3.61. The molecular formula is C33H34F3N5O4. The Bertz CT molecular complexity index is 1820. The molecule has 2 saturated heterocycles. The summed E-state index contributed by atoms with van der Waals surface area (Å²) in [6.45, 7) is 3.49. The Morgan fingerprint density at radius 2 is 2.09 bits per heavy atom. The predicted octanol–water partition coefficient (Wildman–Crippen LogP) is 5.57. The summed E-state index contributed by atoms with van der Waals surface area (Å²) in [5, 5.41) is 15.0. The van der Waals surface area contributed by atoms with E-state index in [-0.39, 0.29) is 64.2 Å². The topological polar surface area (TPSA) is 110 Å². The number of nitrogens with one attached hydrogen (secondary N) is 1. The number of phenolic OH excluding ortho intramolecular Hbond substituents is 1. The van der Waals surface area contributed by atoms with Gasteiger partial charge in [-0.15, -0.1) is 0 Å². The Morgan fingerprint density at radius 1 is 1.24 bits per heavy atom. The number of carbonyl (C=O) groups is 1. The highest BCUT2D eigenvalue weighted by atomic mass is 19.1. The quantitative estimate of drug-likeness (QED) is 0.232. The molecule has 12 heteroatoms. The molecule has 1 aliphatic carbocycles. The van der Waals surface area contributed by atoms with Gasteiger partial charge in [0.05, 0.1) is 24.0 Å². The predicted molar refractivity (Wildman–Crippen MR) is 162 cm³/mol. The van der Waals surface area contributed by atoms with E-state index < -0.39 is 23.3 Å². The van der Waals surface area contributed by atoms with Crippen molar-refractivity contribution in [1.82, 2.24) is 19.9 Å². The molecule has 0 spiro atoms. The fourth-order valence-electron chi connectivity index (χ4n) is 7.24. The zero-order valence-corrected chi connectivity index (χ0v) is 25.1. The summed E-state index contributed by atoms with van der Waals surface area (Å²) in [5.41, 5.74) is -0.0321. The van der Waals surface area contributed by atoms with Crippen LogP contribution in [0.25, 0.3) is 32.9 Å². The molecule has 4 heterocycles. The molecule has 2 aromatic carbocycles. The van der Waals surface area contributed by atoms with E-state index in [0.29, 0.717) is 48.7 Å². The van der Waals surface area contributed by atoms with Crippen LogP contribution in [0.4, 0.5) is 19.0 Å². The SMILES string of the molecule is CCc1c(F)ccc2cc(O)cc(-c3ncc4c(NC[C@H]5C[C@@H]5C(=O)OC)nc(OC[C@@]56CCCN5C[C@H](F)C6)nc4c3F)c12. The number of phenols is 1. The van der Waals surface area contributed by atoms with Gasteiger partial charge in [0.1, 0.15) is 41.4 Å². The number of halogens is 3. The Hall–Kier alpha value is -4.19. The first-order chi connectivity index (χ1) is 21.7. The van der Waals surface area contributed by atoms with Gasteiger partial charge in [-0.05, 0) is 72.7 Å². The van der Waals surface area contributed by atoms with E-state index in [2.05, 4.69) is 25.2 Å². The first kappa shape index (κ1) is 29.5. The first-order valence-electron chi connectivity index (χ1n) is 15.4. The maximum absolute atomic E-state index is 16.6. The molecule has 0 unspecified atom stereocenters. The van der Waals surface area contributed by atoms with E-state index in [1.54, 1.807) is 13.0 Å². The Labute approximate surface area is 257 Å². The van der Waals surface area contributed by atoms with Crippen LogP contribution in [-0.2, 0) is 16.0 Å². The fourth-order valence-corrected chi connectivity index (χ4v) is 7.24. The molecule has 0 bridgehead atoms. The summed E-state index contributed by atoms with van der Waals surface area (Å²) in [7, 11) is 1.35. The molecule has 4 aromatic rings. The summed E-state index contributed by atoms with van der Waals surface area (Å²) in [6, 6.07) is 5.67. The van der Waals surface area contributed by atoms with Crippen LogP contribution in [0.15, 0.2) is 30.5 Å². The van der Waals surface area contributed by atoms with Crippen LogP contribution in [-0.4, -0.2) is 76.0 Å². The zero-order valence-electron chi connectivity index (χ0n) is 25.1. The van der Waals surface area contributed by atoms with Gasteiger partial charge in [0.15, 0.2) is 5.82 Å². The minimum Gasteiger partial charge on any atom is -0.508 e. The van der Waals surface area contributed by atoms with E-state index >= 15 is 4.39 Å². The van der Waals surface area contributed by atoms with Gasteiger partial charge in [0.25, 0.3) is 0 Å². The maximum atomic E-state index is 16.6. The highest BCUT2D eigenvalue weighted by Gasteiger charge is 2.49. The molecule has 2 N–H and O–H groups in total. The average molecular weight is 622 g/mol. The number of alkyl halides is 1. The third-order valence-electron chi connectivity index (χ3n) is 9.61. The second-order valence-electron chi connectivity index (χ2n) is 12.4. The number of aryl methyl sites for hydroxylation is 1. The highest BCUT2D eigenvalue weighted by Crippen LogP contribution is 2.42. The number of nitrogens with zero attached hydrogens (tertiary/aromatic N) is 4. The van der Waals surface area contributed by atoms with Crippen molar-refractivity contribution in [3.63, 3.8) is 0 Å². The van der Waals surface area contributed by atoms with Crippen LogP contribution in [0.5, 0.6) is 11.8 Å². The van der Waals surface area contributed by atoms with Crippen molar-refractivity contribution in [2.45, 2.75) is 50.7 Å². The van der Waals surface area contributed by atoms with Gasteiger partial charge in [-0.1, -0.05) is 13.0 Å². The number of esters is 1. The lowest BCUT2D eigenvalue weighted by molar-refractivity contribution is -0.142. The molecule has 0 amide bonds. The Morgan fingerprint density at radius 3 is 2.89 bits per heavy atom. The molecular weight excluding hydrogens is 587 g/mol. The van der Waals surface area contributed by atoms with Crippen LogP contribution in [0.1, 0.15) is 38.2 Å². The zero-order chi connectivity index (χ0) is 31.5. The second kappa shape index (κ2) is 11.3. The van der Waals surface area contributed by atoms with Crippen molar-refractivity contribution in [2.24, 2.45) is 11.8 Å². The smallest absolute Gasteiger partial charge is 0.319 e.